The van der Waals surface area contributed by atoms with Crippen molar-refractivity contribution in [3.63, 3.8) is 0 Å². The third kappa shape index (κ3) is 10.1. The van der Waals surface area contributed by atoms with Crippen molar-refractivity contribution in [3.05, 3.63) is 106 Å². The molecule has 0 radical (unpaired) electrons. The lowest BCUT2D eigenvalue weighted by molar-refractivity contribution is -0.0625. The van der Waals surface area contributed by atoms with Gasteiger partial charge in [0, 0.05) is 81.5 Å². The van der Waals surface area contributed by atoms with E-state index in [1.807, 2.05) is 12.1 Å². The number of hydrogen-bond donors (Lipinski definition) is 2. The Morgan fingerprint density at radius 3 is 2.50 bits per heavy atom. The molecule has 3 heterocycles. The zero-order chi connectivity index (χ0) is 37.9. The van der Waals surface area contributed by atoms with Gasteiger partial charge < -0.3 is 29.3 Å². The number of benzene rings is 2. The molecule has 0 amide bonds. The van der Waals surface area contributed by atoms with Crippen molar-refractivity contribution >= 4 is 17.2 Å². The van der Waals surface area contributed by atoms with Gasteiger partial charge in [0.1, 0.15) is 36.4 Å². The molecule has 0 bridgehead atoms. The molecule has 54 heavy (non-hydrogen) atoms. The van der Waals surface area contributed by atoms with Crippen LogP contribution in [0.1, 0.15) is 66.8 Å². The van der Waals surface area contributed by atoms with Gasteiger partial charge in [0.15, 0.2) is 0 Å². The number of aryl methyl sites for hydroxylation is 1. The van der Waals surface area contributed by atoms with Crippen molar-refractivity contribution in [2.45, 2.75) is 64.7 Å². The third-order valence-electron chi connectivity index (χ3n) is 11.3. The number of ether oxygens (including phenoxy) is 3. The summed E-state index contributed by atoms with van der Waals surface area (Å²) in [5.41, 5.74) is 5.03. The van der Waals surface area contributed by atoms with E-state index in [4.69, 9.17) is 25.8 Å². The lowest BCUT2D eigenvalue weighted by Crippen LogP contribution is -2.46. The lowest BCUT2D eigenvalue weighted by Gasteiger charge is -2.40. The van der Waals surface area contributed by atoms with Gasteiger partial charge in [0.05, 0.1) is 10.6 Å². The van der Waals surface area contributed by atoms with E-state index < -0.39 is 5.60 Å². The molecule has 3 aromatic rings. The van der Waals surface area contributed by atoms with Gasteiger partial charge in [-0.3, -0.25) is 9.88 Å². The summed E-state index contributed by atoms with van der Waals surface area (Å²) >= 11 is 7.03. The summed E-state index contributed by atoms with van der Waals surface area (Å²) in [5.74, 6) is 1.73. The molecule has 0 spiro atoms. The SMILES string of the molecule is Cc1ccccc1C1=CC=CC(COc2cc(OCc3cncc(C#N)c3)c(CN3CCCC(CO)C3)cc2Cl)(OCCCN2CCCC(CO)C2)C1C. The summed E-state index contributed by atoms with van der Waals surface area (Å²) in [4.78, 5) is 8.99. The van der Waals surface area contributed by atoms with Crippen molar-refractivity contribution in [1.82, 2.24) is 14.8 Å². The van der Waals surface area contributed by atoms with Gasteiger partial charge in [0.25, 0.3) is 0 Å². The van der Waals surface area contributed by atoms with Gasteiger partial charge >= 0.3 is 0 Å². The Morgan fingerprint density at radius 2 is 1.74 bits per heavy atom. The molecule has 2 N–H and O–H groups in total. The molecule has 4 unspecified atom stereocenters. The maximum Gasteiger partial charge on any atom is 0.141 e. The van der Waals surface area contributed by atoms with Crippen LogP contribution < -0.4 is 9.47 Å². The number of likely N-dealkylation sites (tertiary alicyclic amines) is 2. The van der Waals surface area contributed by atoms with E-state index in [0.717, 1.165) is 76.0 Å². The van der Waals surface area contributed by atoms with Gasteiger partial charge in [-0.2, -0.15) is 5.26 Å². The van der Waals surface area contributed by atoms with E-state index in [0.29, 0.717) is 41.2 Å². The number of piperidine rings is 2. The Kier molecular flexibility index (Phi) is 14.2. The van der Waals surface area contributed by atoms with Crippen LogP contribution in [0.3, 0.4) is 0 Å². The highest BCUT2D eigenvalue weighted by Crippen LogP contribution is 2.42. The quantitative estimate of drug-likeness (QED) is 0.147. The maximum absolute atomic E-state index is 9.86. The van der Waals surface area contributed by atoms with Crippen molar-refractivity contribution < 1.29 is 24.4 Å². The molecule has 1 aliphatic carbocycles. The van der Waals surface area contributed by atoms with E-state index in [9.17, 15) is 15.5 Å². The van der Waals surface area contributed by atoms with Crippen LogP contribution in [-0.4, -0.2) is 89.7 Å². The second-order valence-electron chi connectivity index (χ2n) is 15.3. The molecule has 3 aliphatic rings. The number of aliphatic hydroxyl groups excluding tert-OH is 2. The predicted molar refractivity (Wildman–Crippen MR) is 212 cm³/mol. The van der Waals surface area contributed by atoms with E-state index in [-0.39, 0.29) is 38.3 Å². The Balaban J connectivity index is 1.24. The van der Waals surface area contributed by atoms with Crippen molar-refractivity contribution in [1.29, 1.82) is 5.26 Å². The minimum absolute atomic E-state index is 0.0235. The Labute approximate surface area is 325 Å². The van der Waals surface area contributed by atoms with E-state index in [1.165, 1.54) is 22.9 Å². The van der Waals surface area contributed by atoms with Crippen LogP contribution in [0.5, 0.6) is 11.5 Å². The molecule has 10 heteroatoms. The molecular weight excluding hydrogens is 700 g/mol. The number of nitriles is 1. The fourth-order valence-electron chi connectivity index (χ4n) is 8.14. The fourth-order valence-corrected chi connectivity index (χ4v) is 8.38. The number of rotatable bonds is 16. The molecule has 6 rings (SSSR count). The van der Waals surface area contributed by atoms with E-state index >= 15 is 0 Å². The zero-order valence-electron chi connectivity index (χ0n) is 31.8. The standard InChI is InChI=1S/C44H55ClN4O5/c1-32-9-3-4-12-39(32)40-13-5-14-44(33(40)2,54-18-8-17-48-15-6-10-34(25-48)28-50)31-53-43-21-42(52-30-37-19-36(22-46)23-47-24-37)38(20-41(43)45)27-49-16-7-11-35(26-49)29-51/h3-5,9,12-14,19-21,23-24,33-35,50-51H,6-8,10-11,15-18,25-31H2,1-2H3. The summed E-state index contributed by atoms with van der Waals surface area (Å²) in [5, 5.41) is 29.5. The topological polar surface area (TPSA) is 111 Å². The minimum atomic E-state index is -0.762. The zero-order valence-corrected chi connectivity index (χ0v) is 32.5. The summed E-state index contributed by atoms with van der Waals surface area (Å²) in [7, 11) is 0. The third-order valence-corrected chi connectivity index (χ3v) is 11.6. The molecule has 2 aromatic carbocycles. The van der Waals surface area contributed by atoms with Crippen molar-refractivity contribution in [2.75, 3.05) is 59.2 Å². The molecule has 2 saturated heterocycles. The van der Waals surface area contributed by atoms with Gasteiger partial charge in [-0.05, 0) is 98.9 Å². The second kappa shape index (κ2) is 19.2. The highest BCUT2D eigenvalue weighted by atomic mass is 35.5. The Bertz CT molecular complexity index is 1810. The van der Waals surface area contributed by atoms with E-state index in [1.54, 1.807) is 12.3 Å². The van der Waals surface area contributed by atoms with Crippen LogP contribution in [-0.2, 0) is 17.9 Å². The molecule has 1 aromatic heterocycles. The number of allylic oxidation sites excluding steroid dienone is 2. The van der Waals surface area contributed by atoms with Crippen LogP contribution in [0.25, 0.3) is 5.57 Å². The number of pyridine rings is 1. The largest absolute Gasteiger partial charge is 0.489 e. The minimum Gasteiger partial charge on any atom is -0.489 e. The van der Waals surface area contributed by atoms with Crippen LogP contribution in [0.4, 0.5) is 0 Å². The number of hydrogen-bond acceptors (Lipinski definition) is 9. The van der Waals surface area contributed by atoms with Crippen LogP contribution >= 0.6 is 11.6 Å². The van der Waals surface area contributed by atoms with Gasteiger partial charge in [-0.15, -0.1) is 0 Å². The average molecular weight is 755 g/mol. The lowest BCUT2D eigenvalue weighted by atomic mass is 9.76. The molecule has 0 saturated carbocycles. The van der Waals surface area contributed by atoms with Crippen LogP contribution in [0.15, 0.2) is 73.1 Å². The Hall–Kier alpha value is -3.75. The monoisotopic (exact) mass is 754 g/mol. The first kappa shape index (κ1) is 39.9. The molecule has 2 aliphatic heterocycles. The van der Waals surface area contributed by atoms with Gasteiger partial charge in [0.2, 0.25) is 0 Å². The molecular formula is C44H55ClN4O5. The summed E-state index contributed by atoms with van der Waals surface area (Å²) in [6.45, 7) is 11.1. The van der Waals surface area contributed by atoms with Gasteiger partial charge in [-0.25, -0.2) is 0 Å². The predicted octanol–water partition coefficient (Wildman–Crippen LogP) is 7.22. The first-order valence-electron chi connectivity index (χ1n) is 19.5. The van der Waals surface area contributed by atoms with E-state index in [2.05, 4.69) is 77.2 Å². The smallest absolute Gasteiger partial charge is 0.141 e. The fraction of sp³-hybridized carbons (Fsp3) is 0.500. The Morgan fingerprint density at radius 1 is 0.981 bits per heavy atom. The van der Waals surface area contributed by atoms with Crippen LogP contribution in [0, 0.1) is 36.0 Å². The molecule has 2 fully saturated rings. The maximum atomic E-state index is 9.86. The second-order valence-corrected chi connectivity index (χ2v) is 15.7. The number of halogens is 1. The number of aromatic nitrogens is 1. The highest BCUT2D eigenvalue weighted by molar-refractivity contribution is 6.32. The number of nitrogens with zero attached hydrogens (tertiary/aromatic N) is 4. The summed E-state index contributed by atoms with van der Waals surface area (Å²) in [6, 6.07) is 16.2. The molecule has 288 valence electrons. The first-order valence-corrected chi connectivity index (χ1v) is 19.9. The van der Waals surface area contributed by atoms with Gasteiger partial charge in [-0.1, -0.05) is 54.9 Å². The van der Waals surface area contributed by atoms with Crippen LogP contribution in [0.2, 0.25) is 5.02 Å². The van der Waals surface area contributed by atoms with Crippen molar-refractivity contribution in [3.8, 4) is 17.6 Å². The summed E-state index contributed by atoms with van der Waals surface area (Å²) in [6.07, 6.45) is 14.8. The molecule has 4 atom stereocenters. The average Bonchev–Trinajstić information content (AvgIpc) is 3.20. The normalized spacial score (nSPS) is 23.5. The summed E-state index contributed by atoms with van der Waals surface area (Å²) < 4.78 is 20.1. The van der Waals surface area contributed by atoms with Crippen molar-refractivity contribution in [2.24, 2.45) is 17.8 Å². The first-order chi connectivity index (χ1) is 26.3. The molecule has 9 nitrogen and oxygen atoms in total. The highest BCUT2D eigenvalue weighted by Gasteiger charge is 2.40. The number of aliphatic hydroxyl groups is 2.